The third-order valence-corrected chi connectivity index (χ3v) is 2.79. The second-order valence-corrected chi connectivity index (χ2v) is 3.72. The van der Waals surface area contributed by atoms with Crippen molar-refractivity contribution in [3.63, 3.8) is 0 Å². The van der Waals surface area contributed by atoms with Crippen LogP contribution in [0.25, 0.3) is 0 Å². The fourth-order valence-corrected chi connectivity index (χ4v) is 1.83. The normalized spacial score (nSPS) is 23.3. The summed E-state index contributed by atoms with van der Waals surface area (Å²) >= 11 is 0. The lowest BCUT2D eigenvalue weighted by Crippen LogP contribution is -2.42. The number of hydrogen-bond acceptors (Lipinski definition) is 3. The highest BCUT2D eigenvalue weighted by atomic mass is 16.5. The molecule has 0 aromatic heterocycles. The van der Waals surface area contributed by atoms with Gasteiger partial charge in [-0.2, -0.15) is 0 Å². The molecule has 4 nitrogen and oxygen atoms in total. The van der Waals surface area contributed by atoms with Crippen LogP contribution >= 0.6 is 0 Å². The van der Waals surface area contributed by atoms with Crippen molar-refractivity contribution in [1.29, 1.82) is 0 Å². The minimum atomic E-state index is -1.16. The molecular weight excluding hydrogens is 196 g/mol. The fourth-order valence-electron chi connectivity index (χ4n) is 1.83. The highest BCUT2D eigenvalue weighted by molar-refractivity contribution is 5.80. The van der Waals surface area contributed by atoms with Gasteiger partial charge in [0.1, 0.15) is 11.5 Å². The molecule has 4 heteroatoms. The van der Waals surface area contributed by atoms with E-state index in [4.69, 9.17) is 9.84 Å². The van der Waals surface area contributed by atoms with Crippen molar-refractivity contribution >= 4 is 5.97 Å². The second kappa shape index (κ2) is 3.15. The number of ether oxygens (including phenoxy) is 1. The van der Waals surface area contributed by atoms with Gasteiger partial charge in [-0.15, -0.1) is 0 Å². The SMILES string of the molecule is CC[C@@]1(C(=O)O)Cc2cc(O)ccc2O1. The van der Waals surface area contributed by atoms with Crippen molar-refractivity contribution in [1.82, 2.24) is 0 Å². The van der Waals surface area contributed by atoms with E-state index in [0.29, 0.717) is 18.6 Å². The molecule has 1 aromatic carbocycles. The van der Waals surface area contributed by atoms with Crippen LogP contribution in [0.3, 0.4) is 0 Å². The van der Waals surface area contributed by atoms with E-state index in [0.717, 1.165) is 5.56 Å². The highest BCUT2D eigenvalue weighted by Crippen LogP contribution is 2.38. The molecule has 1 atom stereocenters. The van der Waals surface area contributed by atoms with Gasteiger partial charge in [0.15, 0.2) is 0 Å². The van der Waals surface area contributed by atoms with Gasteiger partial charge in [-0.25, -0.2) is 4.79 Å². The van der Waals surface area contributed by atoms with Crippen LogP contribution in [0.15, 0.2) is 18.2 Å². The van der Waals surface area contributed by atoms with Gasteiger partial charge in [-0.1, -0.05) is 6.92 Å². The lowest BCUT2D eigenvalue weighted by Gasteiger charge is -2.21. The second-order valence-electron chi connectivity index (χ2n) is 3.72. The van der Waals surface area contributed by atoms with Crippen molar-refractivity contribution in [2.45, 2.75) is 25.4 Å². The maximum Gasteiger partial charge on any atom is 0.348 e. The summed E-state index contributed by atoms with van der Waals surface area (Å²) in [5, 5.41) is 18.4. The van der Waals surface area contributed by atoms with Gasteiger partial charge in [0.2, 0.25) is 5.60 Å². The summed E-state index contributed by atoms with van der Waals surface area (Å²) in [5.74, 6) is -0.271. The molecule has 0 spiro atoms. The van der Waals surface area contributed by atoms with E-state index >= 15 is 0 Å². The molecule has 0 bridgehead atoms. The first kappa shape index (κ1) is 9.83. The van der Waals surface area contributed by atoms with Crippen LogP contribution < -0.4 is 4.74 Å². The number of phenols is 1. The average Bonchev–Trinajstić information content (AvgIpc) is 2.56. The number of phenolic OH excluding ortho intramolecular Hbond substituents is 1. The molecule has 1 aromatic rings. The number of fused-ring (bicyclic) bond motifs is 1. The minimum Gasteiger partial charge on any atom is -0.508 e. The zero-order valence-corrected chi connectivity index (χ0v) is 8.36. The largest absolute Gasteiger partial charge is 0.508 e. The smallest absolute Gasteiger partial charge is 0.348 e. The summed E-state index contributed by atoms with van der Waals surface area (Å²) in [7, 11) is 0. The highest BCUT2D eigenvalue weighted by Gasteiger charge is 2.45. The van der Waals surface area contributed by atoms with Crippen LogP contribution in [0, 0.1) is 0 Å². The van der Waals surface area contributed by atoms with Crippen molar-refractivity contribution in [2.24, 2.45) is 0 Å². The number of hydrogen-bond donors (Lipinski definition) is 2. The summed E-state index contributed by atoms with van der Waals surface area (Å²) in [6.45, 7) is 1.78. The third-order valence-electron chi connectivity index (χ3n) is 2.79. The molecule has 0 aliphatic carbocycles. The van der Waals surface area contributed by atoms with E-state index in [1.165, 1.54) is 6.07 Å². The molecule has 0 saturated carbocycles. The summed E-state index contributed by atoms with van der Waals surface area (Å²) in [6, 6.07) is 4.65. The van der Waals surface area contributed by atoms with Crippen LogP contribution in [0.2, 0.25) is 0 Å². The predicted octanol–water partition coefficient (Wildman–Crippen LogP) is 1.56. The molecule has 0 amide bonds. The van der Waals surface area contributed by atoms with Gasteiger partial charge in [-0.3, -0.25) is 0 Å². The quantitative estimate of drug-likeness (QED) is 0.774. The summed E-state index contributed by atoms with van der Waals surface area (Å²) in [4.78, 5) is 11.1. The molecule has 1 heterocycles. The van der Waals surface area contributed by atoms with E-state index < -0.39 is 11.6 Å². The van der Waals surface area contributed by atoms with Gasteiger partial charge in [-0.05, 0) is 24.6 Å². The predicted molar refractivity (Wildman–Crippen MR) is 53.1 cm³/mol. The number of rotatable bonds is 2. The van der Waals surface area contributed by atoms with Crippen molar-refractivity contribution < 1.29 is 19.7 Å². The maximum absolute atomic E-state index is 11.1. The van der Waals surface area contributed by atoms with Crippen LogP contribution in [0.5, 0.6) is 11.5 Å². The van der Waals surface area contributed by atoms with E-state index in [1.54, 1.807) is 19.1 Å². The molecule has 1 aliphatic heterocycles. The number of carboxylic acids is 1. The first-order valence-electron chi connectivity index (χ1n) is 4.82. The van der Waals surface area contributed by atoms with Crippen LogP contribution in [0.4, 0.5) is 0 Å². The van der Waals surface area contributed by atoms with E-state index in [-0.39, 0.29) is 5.75 Å². The molecule has 0 saturated heterocycles. The fraction of sp³-hybridized carbons (Fsp3) is 0.364. The van der Waals surface area contributed by atoms with Crippen molar-refractivity contribution in [2.75, 3.05) is 0 Å². The molecule has 1 aliphatic rings. The zero-order valence-electron chi connectivity index (χ0n) is 8.36. The monoisotopic (exact) mass is 208 g/mol. The van der Waals surface area contributed by atoms with Crippen molar-refractivity contribution in [3.05, 3.63) is 23.8 Å². The number of carboxylic acid groups (broad SMARTS) is 1. The Kier molecular flexibility index (Phi) is 2.07. The summed E-state index contributed by atoms with van der Waals surface area (Å²) in [6.07, 6.45) is 0.709. The Morgan fingerprint density at radius 3 is 2.93 bits per heavy atom. The summed E-state index contributed by atoms with van der Waals surface area (Å²) in [5.41, 5.74) is -0.407. The van der Waals surface area contributed by atoms with Gasteiger partial charge in [0.25, 0.3) is 0 Å². The van der Waals surface area contributed by atoms with Crippen molar-refractivity contribution in [3.8, 4) is 11.5 Å². The molecule has 0 fully saturated rings. The third kappa shape index (κ3) is 1.42. The molecule has 2 N–H and O–H groups in total. The first-order chi connectivity index (χ1) is 7.07. The first-order valence-corrected chi connectivity index (χ1v) is 4.82. The maximum atomic E-state index is 11.1. The lowest BCUT2D eigenvalue weighted by molar-refractivity contribution is -0.154. The minimum absolute atomic E-state index is 0.134. The number of aromatic hydroxyl groups is 1. The van der Waals surface area contributed by atoms with Crippen LogP contribution in [-0.4, -0.2) is 21.8 Å². The number of carbonyl (C=O) groups is 1. The Balaban J connectivity index is 2.39. The Bertz CT molecular complexity index is 413. The topological polar surface area (TPSA) is 66.8 Å². The molecule has 0 radical (unpaired) electrons. The Labute approximate surface area is 87.1 Å². The molecule has 0 unspecified atom stereocenters. The van der Waals surface area contributed by atoms with E-state index in [9.17, 15) is 9.90 Å². The van der Waals surface area contributed by atoms with E-state index in [1.807, 2.05) is 0 Å². The Morgan fingerprint density at radius 2 is 2.33 bits per heavy atom. The number of benzene rings is 1. The number of aliphatic carboxylic acids is 1. The molecule has 80 valence electrons. The van der Waals surface area contributed by atoms with Gasteiger partial charge in [0.05, 0.1) is 0 Å². The zero-order chi connectivity index (χ0) is 11.1. The Hall–Kier alpha value is -1.71. The summed E-state index contributed by atoms with van der Waals surface area (Å²) < 4.78 is 5.45. The van der Waals surface area contributed by atoms with Gasteiger partial charge in [0, 0.05) is 12.0 Å². The lowest BCUT2D eigenvalue weighted by atomic mass is 9.94. The van der Waals surface area contributed by atoms with Gasteiger partial charge < -0.3 is 14.9 Å². The van der Waals surface area contributed by atoms with Crippen LogP contribution in [0.1, 0.15) is 18.9 Å². The average molecular weight is 208 g/mol. The van der Waals surface area contributed by atoms with Gasteiger partial charge >= 0.3 is 5.97 Å². The Morgan fingerprint density at radius 1 is 1.60 bits per heavy atom. The molecule has 2 rings (SSSR count). The molecular formula is C11H12O4. The van der Waals surface area contributed by atoms with E-state index in [2.05, 4.69) is 0 Å². The standard InChI is InChI=1S/C11H12O4/c1-2-11(10(13)14)6-7-5-8(12)3-4-9(7)15-11/h3-5,12H,2,6H2,1H3,(H,13,14)/t11-/m0/s1. The molecule has 15 heavy (non-hydrogen) atoms. The van der Waals surface area contributed by atoms with Crippen LogP contribution in [-0.2, 0) is 11.2 Å².